The molecular weight excluding hydrogens is 252 g/mol. The Morgan fingerprint density at radius 1 is 1.29 bits per heavy atom. The number of furan rings is 1. The van der Waals surface area contributed by atoms with E-state index >= 15 is 0 Å². The van der Waals surface area contributed by atoms with Crippen LogP contribution in [0.4, 0.5) is 0 Å². The van der Waals surface area contributed by atoms with Crippen LogP contribution in [0.2, 0.25) is 0 Å². The molecule has 0 N–H and O–H groups in total. The van der Waals surface area contributed by atoms with Gasteiger partial charge in [0.05, 0.1) is 4.88 Å². The SMILES string of the molecule is CCc1ccc(C(=O)c2cc3sccc3s2)o1. The van der Waals surface area contributed by atoms with Gasteiger partial charge in [-0.15, -0.1) is 22.7 Å². The Morgan fingerprint density at radius 3 is 2.88 bits per heavy atom. The third-order valence-corrected chi connectivity index (χ3v) is 4.69. The number of thiophene rings is 2. The highest BCUT2D eigenvalue weighted by Gasteiger charge is 2.16. The third-order valence-electron chi connectivity index (χ3n) is 2.60. The molecule has 0 aromatic carbocycles. The van der Waals surface area contributed by atoms with Crippen LogP contribution >= 0.6 is 22.7 Å². The van der Waals surface area contributed by atoms with E-state index in [9.17, 15) is 4.79 Å². The van der Waals surface area contributed by atoms with Crippen LogP contribution < -0.4 is 0 Å². The first-order valence-electron chi connectivity index (χ1n) is 5.38. The molecule has 0 aliphatic rings. The Labute approximate surface area is 107 Å². The first-order chi connectivity index (χ1) is 8.28. The minimum atomic E-state index is -0.0156. The molecule has 3 heterocycles. The number of ketones is 1. The van der Waals surface area contributed by atoms with Gasteiger partial charge >= 0.3 is 0 Å². The predicted octanol–water partition coefficient (Wildman–Crippen LogP) is 4.35. The zero-order valence-corrected chi connectivity index (χ0v) is 10.9. The van der Waals surface area contributed by atoms with E-state index in [-0.39, 0.29) is 5.78 Å². The van der Waals surface area contributed by atoms with Crippen LogP contribution in [0.15, 0.2) is 34.1 Å². The largest absolute Gasteiger partial charge is 0.458 e. The molecule has 3 aromatic heterocycles. The van der Waals surface area contributed by atoms with Crippen LogP contribution in [-0.2, 0) is 6.42 Å². The van der Waals surface area contributed by atoms with Gasteiger partial charge in [-0.05, 0) is 29.6 Å². The summed E-state index contributed by atoms with van der Waals surface area (Å²) in [5, 5.41) is 2.04. The number of rotatable bonds is 3. The summed E-state index contributed by atoms with van der Waals surface area (Å²) < 4.78 is 7.82. The Kier molecular flexibility index (Phi) is 2.61. The topological polar surface area (TPSA) is 30.2 Å². The van der Waals surface area contributed by atoms with Gasteiger partial charge in [0, 0.05) is 15.8 Å². The lowest BCUT2D eigenvalue weighted by Gasteiger charge is -1.92. The molecule has 0 atom stereocenters. The Morgan fingerprint density at radius 2 is 2.18 bits per heavy atom. The average Bonchev–Trinajstić information content (AvgIpc) is 3.02. The van der Waals surface area contributed by atoms with Gasteiger partial charge in [-0.25, -0.2) is 0 Å². The minimum absolute atomic E-state index is 0.0156. The summed E-state index contributed by atoms with van der Waals surface area (Å²) in [5.74, 6) is 1.28. The number of carbonyl (C=O) groups excluding carboxylic acids is 1. The average molecular weight is 262 g/mol. The van der Waals surface area contributed by atoms with E-state index < -0.39 is 0 Å². The van der Waals surface area contributed by atoms with Crippen LogP contribution in [0, 0.1) is 0 Å². The van der Waals surface area contributed by atoms with Gasteiger partial charge in [0.2, 0.25) is 5.78 Å². The van der Waals surface area contributed by atoms with Crippen LogP contribution in [0.25, 0.3) is 9.40 Å². The van der Waals surface area contributed by atoms with Gasteiger partial charge in [0.15, 0.2) is 5.76 Å². The molecule has 3 rings (SSSR count). The summed E-state index contributed by atoms with van der Waals surface area (Å²) >= 11 is 3.18. The second-order valence-corrected chi connectivity index (χ2v) is 5.74. The van der Waals surface area contributed by atoms with Crippen molar-refractivity contribution < 1.29 is 9.21 Å². The fraction of sp³-hybridized carbons (Fsp3) is 0.154. The van der Waals surface area contributed by atoms with Crippen molar-refractivity contribution in [2.24, 2.45) is 0 Å². The third kappa shape index (κ3) is 1.83. The molecule has 0 spiro atoms. The summed E-state index contributed by atoms with van der Waals surface area (Å²) in [6, 6.07) is 7.61. The number of hydrogen-bond acceptors (Lipinski definition) is 4. The maximum atomic E-state index is 12.2. The lowest BCUT2D eigenvalue weighted by Crippen LogP contribution is -1.95. The Bertz CT molecular complexity index is 644. The second kappa shape index (κ2) is 4.13. The molecule has 0 fully saturated rings. The molecule has 0 aliphatic heterocycles. The number of hydrogen-bond donors (Lipinski definition) is 0. The van der Waals surface area contributed by atoms with Gasteiger partial charge in [-0.3, -0.25) is 4.79 Å². The molecule has 0 saturated heterocycles. The van der Waals surface area contributed by atoms with E-state index in [0.717, 1.165) is 17.1 Å². The maximum absolute atomic E-state index is 12.2. The van der Waals surface area contributed by atoms with Crippen LogP contribution in [0.1, 0.15) is 28.1 Å². The number of aryl methyl sites for hydroxylation is 1. The number of fused-ring (bicyclic) bond motifs is 1. The standard InChI is InChI=1S/C13H10O2S2/c1-2-8-3-4-9(15-8)13(14)12-7-11-10(17-12)5-6-16-11/h3-7H,2H2,1H3. The summed E-state index contributed by atoms with van der Waals surface area (Å²) in [6.45, 7) is 2.01. The molecular formula is C13H10O2S2. The molecule has 2 nitrogen and oxygen atoms in total. The van der Waals surface area contributed by atoms with Crippen LogP contribution in [0.3, 0.4) is 0 Å². The van der Waals surface area contributed by atoms with E-state index in [2.05, 4.69) is 0 Å². The minimum Gasteiger partial charge on any atom is -0.458 e. The smallest absolute Gasteiger partial charge is 0.238 e. The first-order valence-corrected chi connectivity index (χ1v) is 7.08. The van der Waals surface area contributed by atoms with Crippen LogP contribution in [0.5, 0.6) is 0 Å². The van der Waals surface area contributed by atoms with E-state index in [1.165, 1.54) is 20.7 Å². The van der Waals surface area contributed by atoms with Gasteiger partial charge < -0.3 is 4.42 Å². The molecule has 0 saturated carbocycles. The molecule has 86 valence electrons. The monoisotopic (exact) mass is 262 g/mol. The van der Waals surface area contributed by atoms with E-state index in [4.69, 9.17) is 4.42 Å². The molecule has 17 heavy (non-hydrogen) atoms. The van der Waals surface area contributed by atoms with Crippen molar-refractivity contribution in [3.05, 3.63) is 46.0 Å². The van der Waals surface area contributed by atoms with E-state index in [1.807, 2.05) is 30.5 Å². The number of carbonyl (C=O) groups is 1. The molecule has 0 bridgehead atoms. The highest BCUT2D eigenvalue weighted by atomic mass is 32.1. The normalized spacial score (nSPS) is 11.1. The summed E-state index contributed by atoms with van der Waals surface area (Å²) in [5.41, 5.74) is 0. The molecule has 0 amide bonds. The molecule has 3 aromatic rings. The van der Waals surface area contributed by atoms with Crippen molar-refractivity contribution >= 4 is 37.9 Å². The van der Waals surface area contributed by atoms with Crippen molar-refractivity contribution in [1.82, 2.24) is 0 Å². The van der Waals surface area contributed by atoms with Gasteiger partial charge in [-0.2, -0.15) is 0 Å². The van der Waals surface area contributed by atoms with Crippen molar-refractivity contribution in [1.29, 1.82) is 0 Å². The van der Waals surface area contributed by atoms with E-state index in [1.54, 1.807) is 17.4 Å². The van der Waals surface area contributed by atoms with Crippen molar-refractivity contribution in [2.75, 3.05) is 0 Å². The fourth-order valence-corrected chi connectivity index (χ4v) is 3.74. The van der Waals surface area contributed by atoms with Gasteiger partial charge in [0.25, 0.3) is 0 Å². The molecule has 0 aliphatic carbocycles. The Hall–Kier alpha value is -1.39. The van der Waals surface area contributed by atoms with Crippen molar-refractivity contribution in [3.8, 4) is 0 Å². The van der Waals surface area contributed by atoms with Crippen LogP contribution in [-0.4, -0.2) is 5.78 Å². The molecule has 0 radical (unpaired) electrons. The lowest BCUT2D eigenvalue weighted by molar-refractivity contribution is 0.101. The lowest BCUT2D eigenvalue weighted by atomic mass is 10.2. The van der Waals surface area contributed by atoms with Gasteiger partial charge in [0.1, 0.15) is 5.76 Å². The summed E-state index contributed by atoms with van der Waals surface area (Å²) in [6.07, 6.45) is 0.812. The van der Waals surface area contributed by atoms with E-state index in [0.29, 0.717) is 5.76 Å². The molecule has 4 heteroatoms. The highest BCUT2D eigenvalue weighted by Crippen LogP contribution is 2.31. The molecule has 0 unspecified atom stereocenters. The second-order valence-electron chi connectivity index (χ2n) is 3.71. The zero-order valence-electron chi connectivity index (χ0n) is 9.23. The highest BCUT2D eigenvalue weighted by molar-refractivity contribution is 7.28. The fourth-order valence-electron chi connectivity index (χ4n) is 1.69. The first kappa shape index (κ1) is 10.7. The predicted molar refractivity (Wildman–Crippen MR) is 71.2 cm³/mol. The summed E-state index contributed by atoms with van der Waals surface area (Å²) in [7, 11) is 0. The Balaban J connectivity index is 1.98. The maximum Gasteiger partial charge on any atom is 0.238 e. The zero-order chi connectivity index (χ0) is 11.8. The quantitative estimate of drug-likeness (QED) is 0.657. The van der Waals surface area contributed by atoms with Crippen molar-refractivity contribution in [2.45, 2.75) is 13.3 Å². The van der Waals surface area contributed by atoms with Gasteiger partial charge in [-0.1, -0.05) is 6.92 Å². The van der Waals surface area contributed by atoms with Crippen molar-refractivity contribution in [3.63, 3.8) is 0 Å². The summed E-state index contributed by atoms with van der Waals surface area (Å²) in [4.78, 5) is 12.9.